The SMILES string of the molecule is Cn1cnc2ccc(-c3cccc4c(C(=O)N5CCCCC5)cnn34)cc2c1=O. The van der Waals surface area contributed by atoms with Crippen LogP contribution in [0.2, 0.25) is 0 Å². The number of hydrogen-bond acceptors (Lipinski definition) is 4. The molecule has 146 valence electrons. The summed E-state index contributed by atoms with van der Waals surface area (Å²) >= 11 is 0. The molecule has 1 amide bonds. The summed E-state index contributed by atoms with van der Waals surface area (Å²) in [6, 6.07) is 11.4. The van der Waals surface area contributed by atoms with Crippen molar-refractivity contribution >= 4 is 22.3 Å². The van der Waals surface area contributed by atoms with Gasteiger partial charge in [0.2, 0.25) is 0 Å². The Morgan fingerprint density at radius 1 is 1.07 bits per heavy atom. The molecular formula is C22H21N5O2. The first-order valence-corrected chi connectivity index (χ1v) is 9.85. The molecular weight excluding hydrogens is 366 g/mol. The van der Waals surface area contributed by atoms with Crippen molar-refractivity contribution in [3.05, 3.63) is 64.8 Å². The van der Waals surface area contributed by atoms with Gasteiger partial charge in [-0.15, -0.1) is 0 Å². The summed E-state index contributed by atoms with van der Waals surface area (Å²) in [6.45, 7) is 1.60. The molecule has 29 heavy (non-hydrogen) atoms. The molecule has 7 nitrogen and oxygen atoms in total. The van der Waals surface area contributed by atoms with Gasteiger partial charge in [0.15, 0.2) is 0 Å². The summed E-state index contributed by atoms with van der Waals surface area (Å²) in [5.41, 5.74) is 3.64. The second kappa shape index (κ2) is 6.84. The highest BCUT2D eigenvalue weighted by Gasteiger charge is 2.22. The highest BCUT2D eigenvalue weighted by Crippen LogP contribution is 2.25. The second-order valence-corrected chi connectivity index (χ2v) is 7.51. The van der Waals surface area contributed by atoms with Crippen LogP contribution in [0.4, 0.5) is 0 Å². The number of fused-ring (bicyclic) bond motifs is 2. The summed E-state index contributed by atoms with van der Waals surface area (Å²) < 4.78 is 3.25. The van der Waals surface area contributed by atoms with E-state index < -0.39 is 0 Å². The van der Waals surface area contributed by atoms with Crippen LogP contribution in [0.3, 0.4) is 0 Å². The van der Waals surface area contributed by atoms with Gasteiger partial charge in [-0.25, -0.2) is 9.50 Å². The largest absolute Gasteiger partial charge is 0.339 e. The van der Waals surface area contributed by atoms with E-state index in [4.69, 9.17) is 0 Å². The summed E-state index contributed by atoms with van der Waals surface area (Å²) in [7, 11) is 1.69. The lowest BCUT2D eigenvalue weighted by Gasteiger charge is -2.26. The molecule has 0 atom stereocenters. The smallest absolute Gasteiger partial charge is 0.260 e. The van der Waals surface area contributed by atoms with Crippen molar-refractivity contribution in [3.8, 4) is 11.3 Å². The molecule has 0 radical (unpaired) electrons. The van der Waals surface area contributed by atoms with Crippen LogP contribution in [0.25, 0.3) is 27.7 Å². The Hall–Kier alpha value is -3.48. The highest BCUT2D eigenvalue weighted by atomic mass is 16.2. The third-order valence-electron chi connectivity index (χ3n) is 5.63. The number of aryl methyl sites for hydroxylation is 1. The molecule has 1 fully saturated rings. The molecule has 7 heteroatoms. The Bertz CT molecular complexity index is 1300. The Balaban J connectivity index is 1.62. The van der Waals surface area contributed by atoms with E-state index in [1.807, 2.05) is 41.3 Å². The van der Waals surface area contributed by atoms with Gasteiger partial charge in [-0.05, 0) is 43.5 Å². The first-order valence-electron chi connectivity index (χ1n) is 9.85. The van der Waals surface area contributed by atoms with Gasteiger partial charge in [0.25, 0.3) is 11.5 Å². The fourth-order valence-electron chi connectivity index (χ4n) is 4.03. The molecule has 1 aliphatic heterocycles. The summed E-state index contributed by atoms with van der Waals surface area (Å²) in [4.78, 5) is 31.7. The minimum Gasteiger partial charge on any atom is -0.339 e. The van der Waals surface area contributed by atoms with Gasteiger partial charge < -0.3 is 9.47 Å². The minimum atomic E-state index is -0.0922. The fraction of sp³-hybridized carbons (Fsp3) is 0.273. The molecule has 0 spiro atoms. The molecule has 1 saturated heterocycles. The van der Waals surface area contributed by atoms with Crippen molar-refractivity contribution in [2.75, 3.05) is 13.1 Å². The first kappa shape index (κ1) is 17.6. The van der Waals surface area contributed by atoms with Crippen LogP contribution in [-0.2, 0) is 7.05 Å². The Kier molecular flexibility index (Phi) is 4.16. The van der Waals surface area contributed by atoms with Gasteiger partial charge >= 0.3 is 0 Å². The molecule has 0 N–H and O–H groups in total. The first-order chi connectivity index (χ1) is 14.1. The molecule has 0 unspecified atom stereocenters. The number of likely N-dealkylation sites (tertiary alicyclic amines) is 1. The maximum absolute atomic E-state index is 13.0. The van der Waals surface area contributed by atoms with Crippen molar-refractivity contribution in [1.82, 2.24) is 24.1 Å². The van der Waals surface area contributed by atoms with Gasteiger partial charge in [-0.1, -0.05) is 12.1 Å². The van der Waals surface area contributed by atoms with E-state index >= 15 is 0 Å². The number of carbonyl (C=O) groups excluding carboxylic acids is 1. The molecule has 0 aliphatic carbocycles. The van der Waals surface area contributed by atoms with Crippen LogP contribution in [0, 0.1) is 0 Å². The van der Waals surface area contributed by atoms with Gasteiger partial charge in [0.1, 0.15) is 0 Å². The van der Waals surface area contributed by atoms with Crippen LogP contribution in [0.15, 0.2) is 53.7 Å². The average molecular weight is 387 g/mol. The Labute approximate surface area is 167 Å². The normalized spacial score (nSPS) is 14.6. The van der Waals surface area contributed by atoms with Crippen LogP contribution in [0.5, 0.6) is 0 Å². The lowest BCUT2D eigenvalue weighted by atomic mass is 10.1. The number of amides is 1. The summed E-state index contributed by atoms with van der Waals surface area (Å²) in [5, 5.41) is 5.06. The third kappa shape index (κ3) is 2.90. The zero-order chi connectivity index (χ0) is 20.0. The predicted molar refractivity (Wildman–Crippen MR) is 111 cm³/mol. The van der Waals surface area contributed by atoms with Gasteiger partial charge in [0, 0.05) is 25.7 Å². The summed E-state index contributed by atoms with van der Waals surface area (Å²) in [6.07, 6.45) is 6.46. The van der Waals surface area contributed by atoms with Gasteiger partial charge in [-0.2, -0.15) is 5.10 Å². The average Bonchev–Trinajstić information content (AvgIpc) is 3.20. The maximum atomic E-state index is 13.0. The number of piperidine rings is 1. The number of benzene rings is 1. The van der Waals surface area contributed by atoms with E-state index in [-0.39, 0.29) is 11.5 Å². The number of pyridine rings is 1. The lowest BCUT2D eigenvalue weighted by Crippen LogP contribution is -2.35. The third-order valence-corrected chi connectivity index (χ3v) is 5.63. The molecule has 4 heterocycles. The Morgan fingerprint density at radius 2 is 1.90 bits per heavy atom. The fourth-order valence-corrected chi connectivity index (χ4v) is 4.03. The number of nitrogens with zero attached hydrogens (tertiary/aromatic N) is 5. The van der Waals surface area contributed by atoms with Crippen LogP contribution in [-0.4, -0.2) is 43.1 Å². The van der Waals surface area contributed by atoms with Crippen molar-refractivity contribution < 1.29 is 4.79 Å². The molecule has 5 rings (SSSR count). The Morgan fingerprint density at radius 3 is 2.72 bits per heavy atom. The zero-order valence-electron chi connectivity index (χ0n) is 16.2. The molecule has 4 aromatic rings. The van der Waals surface area contributed by atoms with E-state index in [1.54, 1.807) is 17.8 Å². The number of aromatic nitrogens is 4. The van der Waals surface area contributed by atoms with E-state index in [0.29, 0.717) is 16.5 Å². The second-order valence-electron chi connectivity index (χ2n) is 7.51. The van der Waals surface area contributed by atoms with Crippen molar-refractivity contribution in [2.24, 2.45) is 7.05 Å². The van der Waals surface area contributed by atoms with Crippen molar-refractivity contribution in [1.29, 1.82) is 0 Å². The van der Waals surface area contributed by atoms with E-state index in [1.165, 1.54) is 17.3 Å². The molecule has 1 aromatic carbocycles. The topological polar surface area (TPSA) is 72.5 Å². The van der Waals surface area contributed by atoms with Gasteiger partial charge in [0.05, 0.1) is 40.2 Å². The molecule has 0 bridgehead atoms. The zero-order valence-corrected chi connectivity index (χ0v) is 16.2. The molecule has 0 saturated carbocycles. The summed E-state index contributed by atoms with van der Waals surface area (Å²) in [5.74, 6) is 0.0356. The van der Waals surface area contributed by atoms with Crippen LogP contribution >= 0.6 is 0 Å². The van der Waals surface area contributed by atoms with Crippen molar-refractivity contribution in [2.45, 2.75) is 19.3 Å². The maximum Gasteiger partial charge on any atom is 0.260 e. The van der Waals surface area contributed by atoms with E-state index in [0.717, 1.165) is 42.7 Å². The number of carbonyl (C=O) groups is 1. The van der Waals surface area contributed by atoms with Gasteiger partial charge in [-0.3, -0.25) is 9.59 Å². The lowest BCUT2D eigenvalue weighted by molar-refractivity contribution is 0.0726. The number of rotatable bonds is 2. The molecule has 1 aliphatic rings. The number of hydrogen-bond donors (Lipinski definition) is 0. The minimum absolute atomic E-state index is 0.0356. The standard InChI is InChI=1S/C22H21N5O2/c1-25-14-23-18-9-8-15(12-16(18)21(25)28)19-6-5-7-20-17(13-24-27(19)20)22(29)26-10-3-2-4-11-26/h5-9,12-14H,2-4,10-11H2,1H3. The van der Waals surface area contributed by atoms with E-state index in [2.05, 4.69) is 10.1 Å². The molecule has 3 aromatic heterocycles. The van der Waals surface area contributed by atoms with Crippen LogP contribution < -0.4 is 5.56 Å². The quantitative estimate of drug-likeness (QED) is 0.530. The highest BCUT2D eigenvalue weighted by molar-refractivity contribution is 6.01. The monoisotopic (exact) mass is 387 g/mol. The van der Waals surface area contributed by atoms with Crippen LogP contribution in [0.1, 0.15) is 29.6 Å². The van der Waals surface area contributed by atoms with Crippen molar-refractivity contribution in [3.63, 3.8) is 0 Å². The van der Waals surface area contributed by atoms with E-state index in [9.17, 15) is 9.59 Å². The predicted octanol–water partition coefficient (Wildman–Crippen LogP) is 2.87.